The van der Waals surface area contributed by atoms with Crippen LogP contribution in [0.2, 0.25) is 0 Å². The van der Waals surface area contributed by atoms with Crippen molar-refractivity contribution in [2.24, 2.45) is 0 Å². The molecule has 0 aliphatic heterocycles. The van der Waals surface area contributed by atoms with Gasteiger partial charge in [-0.15, -0.1) is 0 Å². The lowest BCUT2D eigenvalue weighted by Gasteiger charge is -2.05. The Morgan fingerprint density at radius 3 is 2.53 bits per heavy atom. The average molecular weight is 334 g/mol. The van der Waals surface area contributed by atoms with E-state index in [1.165, 1.54) is 28.2 Å². The van der Waals surface area contributed by atoms with Gasteiger partial charge in [0.05, 0.1) is 0 Å². The van der Waals surface area contributed by atoms with Crippen LogP contribution in [0, 0.1) is 0 Å². The summed E-state index contributed by atoms with van der Waals surface area (Å²) >= 11 is 5.30. The van der Waals surface area contributed by atoms with Gasteiger partial charge in [0.2, 0.25) is 0 Å². The summed E-state index contributed by atoms with van der Waals surface area (Å²) in [6, 6.07) is 18.0. The molecule has 0 heterocycles. The summed E-state index contributed by atoms with van der Waals surface area (Å²) in [7, 11) is 0. The Morgan fingerprint density at radius 2 is 1.84 bits per heavy atom. The average Bonchev–Trinajstić information content (AvgIpc) is 3.22. The minimum absolute atomic E-state index is 0.774. The number of hydrogen-bond donors (Lipinski definition) is 1. The minimum atomic E-state index is 0.774. The van der Waals surface area contributed by atoms with Crippen molar-refractivity contribution in [1.82, 2.24) is 5.32 Å². The van der Waals surface area contributed by atoms with Crippen LogP contribution in [0.3, 0.4) is 0 Å². The zero-order valence-electron chi connectivity index (χ0n) is 10.6. The van der Waals surface area contributed by atoms with Gasteiger partial charge in [-0.1, -0.05) is 45.9 Å². The van der Waals surface area contributed by atoms with Crippen molar-refractivity contribution < 1.29 is 0 Å². The summed E-state index contributed by atoms with van der Waals surface area (Å²) in [5.74, 6) is 0. The van der Waals surface area contributed by atoms with Crippen LogP contribution < -0.4 is 5.32 Å². The second-order valence-corrected chi connectivity index (χ2v) is 6.92. The van der Waals surface area contributed by atoms with Crippen LogP contribution >= 0.6 is 27.7 Å². The number of rotatable bonds is 5. The third-order valence-electron chi connectivity index (χ3n) is 3.13. The predicted molar refractivity (Wildman–Crippen MR) is 84.6 cm³/mol. The van der Waals surface area contributed by atoms with Crippen molar-refractivity contribution >= 4 is 27.7 Å². The molecule has 3 heteroatoms. The molecule has 1 fully saturated rings. The SMILES string of the molecule is Brc1cccc(Sc2ccc(CNC3CC3)cc2)c1. The summed E-state index contributed by atoms with van der Waals surface area (Å²) in [4.78, 5) is 2.55. The van der Waals surface area contributed by atoms with E-state index in [0.29, 0.717) is 0 Å². The minimum Gasteiger partial charge on any atom is -0.310 e. The Morgan fingerprint density at radius 1 is 1.05 bits per heavy atom. The first-order chi connectivity index (χ1) is 9.29. The molecule has 98 valence electrons. The quantitative estimate of drug-likeness (QED) is 0.839. The van der Waals surface area contributed by atoms with Crippen molar-refractivity contribution in [2.75, 3.05) is 0 Å². The highest BCUT2D eigenvalue weighted by atomic mass is 79.9. The largest absolute Gasteiger partial charge is 0.310 e. The summed E-state index contributed by atoms with van der Waals surface area (Å²) in [6.07, 6.45) is 2.69. The fraction of sp³-hybridized carbons (Fsp3) is 0.250. The van der Waals surface area contributed by atoms with Gasteiger partial charge in [-0.2, -0.15) is 0 Å². The lowest BCUT2D eigenvalue weighted by Crippen LogP contribution is -2.14. The molecule has 3 rings (SSSR count). The van der Waals surface area contributed by atoms with E-state index in [4.69, 9.17) is 0 Å². The van der Waals surface area contributed by atoms with E-state index in [-0.39, 0.29) is 0 Å². The fourth-order valence-electron chi connectivity index (χ4n) is 1.89. The molecule has 0 radical (unpaired) electrons. The molecule has 1 nitrogen and oxygen atoms in total. The van der Waals surface area contributed by atoms with Gasteiger partial charge in [0.25, 0.3) is 0 Å². The summed E-state index contributed by atoms with van der Waals surface area (Å²) in [5.41, 5.74) is 1.37. The maximum atomic E-state index is 3.54. The van der Waals surface area contributed by atoms with Gasteiger partial charge in [-0.25, -0.2) is 0 Å². The normalized spacial score (nSPS) is 14.6. The zero-order valence-corrected chi connectivity index (χ0v) is 13.0. The fourth-order valence-corrected chi connectivity index (χ4v) is 3.32. The second-order valence-electron chi connectivity index (χ2n) is 4.86. The number of benzene rings is 2. The number of hydrogen-bond acceptors (Lipinski definition) is 2. The molecule has 0 saturated heterocycles. The summed E-state index contributed by atoms with van der Waals surface area (Å²) < 4.78 is 1.13. The third kappa shape index (κ3) is 4.10. The number of nitrogens with one attached hydrogen (secondary N) is 1. The van der Waals surface area contributed by atoms with Gasteiger partial charge in [-0.05, 0) is 48.7 Å². The molecule has 1 aliphatic rings. The maximum absolute atomic E-state index is 3.54. The van der Waals surface area contributed by atoms with Crippen LogP contribution in [-0.4, -0.2) is 6.04 Å². The van der Waals surface area contributed by atoms with Crippen molar-refractivity contribution in [3.05, 3.63) is 58.6 Å². The molecular formula is C16H16BrNS. The van der Waals surface area contributed by atoms with Crippen LogP contribution in [0.25, 0.3) is 0 Å². The van der Waals surface area contributed by atoms with Crippen LogP contribution in [0.4, 0.5) is 0 Å². The molecule has 1 N–H and O–H groups in total. The molecule has 19 heavy (non-hydrogen) atoms. The standard InChI is InChI=1S/C16H16BrNS/c17-13-2-1-3-16(10-13)19-15-8-4-12(5-9-15)11-18-14-6-7-14/h1-5,8-10,14,18H,6-7,11H2. The molecular weight excluding hydrogens is 318 g/mol. The van der Waals surface area contributed by atoms with Crippen LogP contribution in [-0.2, 0) is 6.54 Å². The Balaban J connectivity index is 1.61. The van der Waals surface area contributed by atoms with Gasteiger partial charge < -0.3 is 5.32 Å². The van der Waals surface area contributed by atoms with Crippen LogP contribution in [0.5, 0.6) is 0 Å². The van der Waals surface area contributed by atoms with E-state index in [1.54, 1.807) is 11.8 Å². The van der Waals surface area contributed by atoms with Crippen molar-refractivity contribution in [2.45, 2.75) is 35.2 Å². The van der Waals surface area contributed by atoms with Crippen LogP contribution in [0.1, 0.15) is 18.4 Å². The van der Waals surface area contributed by atoms with E-state index < -0.39 is 0 Å². The highest BCUT2D eigenvalue weighted by Crippen LogP contribution is 2.29. The topological polar surface area (TPSA) is 12.0 Å². The molecule has 1 aliphatic carbocycles. The van der Waals surface area contributed by atoms with Crippen molar-refractivity contribution in [1.29, 1.82) is 0 Å². The Bertz CT molecular complexity index is 549. The summed E-state index contributed by atoms with van der Waals surface area (Å²) in [5, 5.41) is 3.54. The number of halogens is 1. The maximum Gasteiger partial charge on any atom is 0.0208 e. The second kappa shape index (κ2) is 6.12. The lowest BCUT2D eigenvalue weighted by molar-refractivity contribution is 0.687. The lowest BCUT2D eigenvalue weighted by atomic mass is 10.2. The molecule has 2 aromatic rings. The first-order valence-electron chi connectivity index (χ1n) is 6.55. The molecule has 0 spiro atoms. The van der Waals surface area contributed by atoms with Gasteiger partial charge in [0.1, 0.15) is 0 Å². The molecule has 2 aromatic carbocycles. The van der Waals surface area contributed by atoms with Crippen LogP contribution in [0.15, 0.2) is 62.8 Å². The monoisotopic (exact) mass is 333 g/mol. The van der Waals surface area contributed by atoms with E-state index in [9.17, 15) is 0 Å². The third-order valence-corrected chi connectivity index (χ3v) is 4.62. The van der Waals surface area contributed by atoms with Gasteiger partial charge in [-0.3, -0.25) is 0 Å². The van der Waals surface area contributed by atoms with E-state index in [2.05, 4.69) is 69.8 Å². The van der Waals surface area contributed by atoms with Gasteiger partial charge >= 0.3 is 0 Å². The molecule has 0 aromatic heterocycles. The van der Waals surface area contributed by atoms with Gasteiger partial charge in [0.15, 0.2) is 0 Å². The first kappa shape index (κ1) is 13.2. The summed E-state index contributed by atoms with van der Waals surface area (Å²) in [6.45, 7) is 0.993. The molecule has 0 atom stereocenters. The highest BCUT2D eigenvalue weighted by molar-refractivity contribution is 9.10. The Kier molecular flexibility index (Phi) is 4.26. The van der Waals surface area contributed by atoms with E-state index in [0.717, 1.165) is 17.1 Å². The van der Waals surface area contributed by atoms with Crippen molar-refractivity contribution in [3.8, 4) is 0 Å². The van der Waals surface area contributed by atoms with Gasteiger partial charge in [0, 0.05) is 26.9 Å². The Labute approximate surface area is 126 Å². The zero-order chi connectivity index (χ0) is 13.1. The molecule has 0 bridgehead atoms. The predicted octanol–water partition coefficient (Wildman–Crippen LogP) is 4.85. The first-order valence-corrected chi connectivity index (χ1v) is 8.16. The van der Waals surface area contributed by atoms with E-state index >= 15 is 0 Å². The highest BCUT2D eigenvalue weighted by Gasteiger charge is 2.19. The molecule has 0 amide bonds. The molecule has 1 saturated carbocycles. The Hall–Kier alpha value is -0.770. The van der Waals surface area contributed by atoms with Crippen molar-refractivity contribution in [3.63, 3.8) is 0 Å². The molecule has 0 unspecified atom stereocenters. The smallest absolute Gasteiger partial charge is 0.0208 e. The van der Waals surface area contributed by atoms with E-state index in [1.807, 2.05) is 0 Å².